The summed E-state index contributed by atoms with van der Waals surface area (Å²) in [7, 11) is 4.02. The summed E-state index contributed by atoms with van der Waals surface area (Å²) in [6.45, 7) is 9.89. The van der Waals surface area contributed by atoms with Gasteiger partial charge in [0.05, 0.1) is 12.8 Å². The number of pyridine rings is 1. The standard InChI is InChI=1S/C19H29N5O/c1-15(2)23(5)18-7-6-16(10-20-18)12-24-8-9-25-19(3,14-24)17-11-21-22(4)13-17/h6-7,10-11,13,15H,8-9,12,14H2,1-5H3. The molecular weight excluding hydrogens is 314 g/mol. The van der Waals surface area contributed by atoms with E-state index in [1.165, 1.54) is 5.56 Å². The number of hydrogen-bond acceptors (Lipinski definition) is 5. The van der Waals surface area contributed by atoms with Gasteiger partial charge in [-0.05, 0) is 32.4 Å². The molecule has 3 heterocycles. The summed E-state index contributed by atoms with van der Waals surface area (Å²) in [5.41, 5.74) is 2.06. The number of nitrogens with zero attached hydrogens (tertiary/aromatic N) is 5. The predicted molar refractivity (Wildman–Crippen MR) is 99.6 cm³/mol. The molecule has 1 atom stereocenters. The first-order chi connectivity index (χ1) is 11.9. The van der Waals surface area contributed by atoms with Crippen LogP contribution in [-0.2, 0) is 23.9 Å². The van der Waals surface area contributed by atoms with Gasteiger partial charge in [-0.25, -0.2) is 4.98 Å². The van der Waals surface area contributed by atoms with E-state index in [0.717, 1.165) is 37.6 Å². The van der Waals surface area contributed by atoms with Crippen LogP contribution in [0.5, 0.6) is 0 Å². The zero-order chi connectivity index (χ0) is 18.0. The lowest BCUT2D eigenvalue weighted by Crippen LogP contribution is -2.47. The minimum absolute atomic E-state index is 0.308. The van der Waals surface area contributed by atoms with Crippen molar-refractivity contribution in [2.75, 3.05) is 31.6 Å². The molecule has 2 aromatic heterocycles. The first-order valence-electron chi connectivity index (χ1n) is 8.90. The number of morpholine rings is 1. The molecule has 1 aliphatic rings. The Labute approximate surface area is 150 Å². The Hall–Kier alpha value is -1.92. The van der Waals surface area contributed by atoms with Crippen LogP contribution in [0.15, 0.2) is 30.7 Å². The second kappa shape index (κ2) is 7.14. The van der Waals surface area contributed by atoms with Gasteiger partial charge in [-0.3, -0.25) is 9.58 Å². The first-order valence-corrected chi connectivity index (χ1v) is 8.90. The number of aryl methyl sites for hydroxylation is 1. The number of anilines is 1. The third-order valence-corrected chi connectivity index (χ3v) is 5.02. The molecule has 136 valence electrons. The van der Waals surface area contributed by atoms with Crippen molar-refractivity contribution in [2.24, 2.45) is 7.05 Å². The highest BCUT2D eigenvalue weighted by Gasteiger charge is 2.34. The SMILES string of the molecule is CC(C)N(C)c1ccc(CN2CCOC(C)(c3cnn(C)c3)C2)cn1. The van der Waals surface area contributed by atoms with Gasteiger partial charge in [0.2, 0.25) is 0 Å². The van der Waals surface area contributed by atoms with E-state index in [-0.39, 0.29) is 5.60 Å². The monoisotopic (exact) mass is 343 g/mol. The van der Waals surface area contributed by atoms with Crippen LogP contribution in [0.25, 0.3) is 0 Å². The molecule has 6 nitrogen and oxygen atoms in total. The second-order valence-electron chi connectivity index (χ2n) is 7.42. The number of rotatable bonds is 5. The van der Waals surface area contributed by atoms with Crippen LogP contribution in [0.1, 0.15) is 31.9 Å². The molecule has 0 spiro atoms. The van der Waals surface area contributed by atoms with E-state index in [1.807, 2.05) is 30.3 Å². The van der Waals surface area contributed by atoms with Crippen LogP contribution >= 0.6 is 0 Å². The summed E-state index contributed by atoms with van der Waals surface area (Å²) in [5, 5.41) is 4.29. The second-order valence-corrected chi connectivity index (χ2v) is 7.42. The first kappa shape index (κ1) is 17.9. The molecule has 6 heteroatoms. The third-order valence-electron chi connectivity index (χ3n) is 5.02. The van der Waals surface area contributed by atoms with Gasteiger partial charge in [0.15, 0.2) is 0 Å². The third kappa shape index (κ3) is 4.02. The Morgan fingerprint density at radius 1 is 1.32 bits per heavy atom. The highest BCUT2D eigenvalue weighted by molar-refractivity contribution is 5.39. The summed E-state index contributed by atoms with van der Waals surface area (Å²) in [6.07, 6.45) is 5.94. The minimum atomic E-state index is -0.308. The van der Waals surface area contributed by atoms with E-state index in [1.54, 1.807) is 0 Å². The van der Waals surface area contributed by atoms with Crippen molar-refractivity contribution >= 4 is 5.82 Å². The molecule has 1 saturated heterocycles. The maximum atomic E-state index is 6.09. The fraction of sp³-hybridized carbons (Fsp3) is 0.579. The Morgan fingerprint density at radius 3 is 2.72 bits per heavy atom. The van der Waals surface area contributed by atoms with E-state index in [0.29, 0.717) is 6.04 Å². The lowest BCUT2D eigenvalue weighted by molar-refractivity contribution is -0.105. The number of aromatic nitrogens is 3. The zero-order valence-electron chi connectivity index (χ0n) is 15.9. The average Bonchev–Trinajstić information content (AvgIpc) is 3.02. The van der Waals surface area contributed by atoms with Gasteiger partial charge in [-0.15, -0.1) is 0 Å². The van der Waals surface area contributed by atoms with Crippen molar-refractivity contribution in [1.82, 2.24) is 19.7 Å². The molecule has 0 aliphatic carbocycles. The van der Waals surface area contributed by atoms with Gasteiger partial charge in [-0.2, -0.15) is 5.10 Å². The normalized spacial score (nSPS) is 21.7. The molecule has 0 radical (unpaired) electrons. The topological polar surface area (TPSA) is 46.4 Å². The predicted octanol–water partition coefficient (Wildman–Crippen LogP) is 2.41. The van der Waals surface area contributed by atoms with Crippen LogP contribution < -0.4 is 4.90 Å². The van der Waals surface area contributed by atoms with E-state index in [9.17, 15) is 0 Å². The molecule has 1 fully saturated rings. The Kier molecular flexibility index (Phi) is 5.11. The summed E-state index contributed by atoms with van der Waals surface area (Å²) in [5.74, 6) is 1.01. The summed E-state index contributed by atoms with van der Waals surface area (Å²) < 4.78 is 7.92. The van der Waals surface area contributed by atoms with E-state index >= 15 is 0 Å². The highest BCUT2D eigenvalue weighted by Crippen LogP contribution is 2.29. The van der Waals surface area contributed by atoms with Gasteiger partial charge < -0.3 is 9.64 Å². The van der Waals surface area contributed by atoms with Crippen molar-refractivity contribution in [3.8, 4) is 0 Å². The molecular formula is C19H29N5O. The fourth-order valence-corrected chi connectivity index (χ4v) is 3.20. The lowest BCUT2D eigenvalue weighted by Gasteiger charge is -2.40. The van der Waals surface area contributed by atoms with E-state index in [2.05, 4.69) is 59.8 Å². The van der Waals surface area contributed by atoms with Crippen LogP contribution in [0.2, 0.25) is 0 Å². The number of ether oxygens (including phenoxy) is 1. The summed E-state index contributed by atoms with van der Waals surface area (Å²) in [4.78, 5) is 9.23. The maximum absolute atomic E-state index is 6.09. The lowest BCUT2D eigenvalue weighted by atomic mass is 9.96. The Morgan fingerprint density at radius 2 is 2.12 bits per heavy atom. The molecule has 1 aliphatic heterocycles. The zero-order valence-corrected chi connectivity index (χ0v) is 15.9. The van der Waals surface area contributed by atoms with Crippen LogP contribution in [0.4, 0.5) is 5.82 Å². The molecule has 0 N–H and O–H groups in total. The minimum Gasteiger partial charge on any atom is -0.368 e. The van der Waals surface area contributed by atoms with Gasteiger partial charge in [-0.1, -0.05) is 6.07 Å². The van der Waals surface area contributed by atoms with Crippen molar-refractivity contribution in [1.29, 1.82) is 0 Å². The molecule has 0 amide bonds. The molecule has 3 rings (SSSR count). The molecule has 2 aromatic rings. The molecule has 0 bridgehead atoms. The fourth-order valence-electron chi connectivity index (χ4n) is 3.20. The number of hydrogen-bond donors (Lipinski definition) is 0. The van der Waals surface area contributed by atoms with Crippen LogP contribution in [-0.4, -0.2) is 52.5 Å². The van der Waals surface area contributed by atoms with Gasteiger partial charge in [0.25, 0.3) is 0 Å². The van der Waals surface area contributed by atoms with E-state index < -0.39 is 0 Å². The largest absolute Gasteiger partial charge is 0.368 e. The van der Waals surface area contributed by atoms with E-state index in [4.69, 9.17) is 4.74 Å². The van der Waals surface area contributed by atoms with Crippen LogP contribution in [0, 0.1) is 0 Å². The maximum Gasteiger partial charge on any atom is 0.128 e. The van der Waals surface area contributed by atoms with Crippen molar-refractivity contribution in [2.45, 2.75) is 39.0 Å². The highest BCUT2D eigenvalue weighted by atomic mass is 16.5. The quantitative estimate of drug-likeness (QED) is 0.834. The van der Waals surface area contributed by atoms with Crippen LogP contribution in [0.3, 0.4) is 0 Å². The Bertz CT molecular complexity index is 696. The summed E-state index contributed by atoms with van der Waals surface area (Å²) in [6, 6.07) is 4.73. The smallest absolute Gasteiger partial charge is 0.128 e. The average molecular weight is 343 g/mol. The van der Waals surface area contributed by atoms with Gasteiger partial charge in [0, 0.05) is 57.7 Å². The Balaban J connectivity index is 1.66. The van der Waals surface area contributed by atoms with Crippen molar-refractivity contribution < 1.29 is 4.74 Å². The van der Waals surface area contributed by atoms with Crippen molar-refractivity contribution in [3.63, 3.8) is 0 Å². The van der Waals surface area contributed by atoms with Gasteiger partial charge in [0.1, 0.15) is 11.4 Å². The molecule has 0 saturated carbocycles. The summed E-state index contributed by atoms with van der Waals surface area (Å²) >= 11 is 0. The van der Waals surface area contributed by atoms with Gasteiger partial charge >= 0.3 is 0 Å². The molecule has 0 aromatic carbocycles. The molecule has 25 heavy (non-hydrogen) atoms. The molecule has 1 unspecified atom stereocenters. The van der Waals surface area contributed by atoms with Crippen molar-refractivity contribution in [3.05, 3.63) is 41.9 Å².